The van der Waals surface area contributed by atoms with E-state index >= 15 is 0 Å². The third-order valence-corrected chi connectivity index (χ3v) is 4.42. The summed E-state index contributed by atoms with van der Waals surface area (Å²) in [7, 11) is 0. The van der Waals surface area contributed by atoms with Gasteiger partial charge >= 0.3 is 0 Å². The fourth-order valence-corrected chi connectivity index (χ4v) is 3.00. The molecule has 1 aliphatic rings. The van der Waals surface area contributed by atoms with E-state index in [4.69, 9.17) is 5.73 Å². The average Bonchev–Trinajstić information content (AvgIpc) is 2.92. The molecule has 0 amide bonds. The second-order valence-electron chi connectivity index (χ2n) is 4.75. The maximum absolute atomic E-state index is 5.65. The maximum atomic E-state index is 5.65. The van der Waals surface area contributed by atoms with Gasteiger partial charge in [0.05, 0.1) is 10.2 Å². The lowest BCUT2D eigenvalue weighted by atomic mass is 10.0. The van der Waals surface area contributed by atoms with E-state index in [1.807, 2.05) is 6.07 Å². The fourth-order valence-electron chi connectivity index (χ4n) is 2.18. The van der Waals surface area contributed by atoms with Gasteiger partial charge in [-0.3, -0.25) is 0 Å². The quantitative estimate of drug-likeness (QED) is 0.851. The van der Waals surface area contributed by atoms with Crippen LogP contribution in [-0.4, -0.2) is 23.1 Å². The van der Waals surface area contributed by atoms with Gasteiger partial charge in [-0.05, 0) is 42.7 Å². The summed E-state index contributed by atoms with van der Waals surface area (Å²) < 4.78 is 1.15. The first-order valence-electron chi connectivity index (χ1n) is 5.95. The number of aromatic nitrogens is 2. The van der Waals surface area contributed by atoms with E-state index in [2.05, 4.69) is 20.7 Å². The van der Waals surface area contributed by atoms with E-state index < -0.39 is 0 Å². The molecule has 3 rings (SSSR count). The van der Waals surface area contributed by atoms with Crippen molar-refractivity contribution in [2.45, 2.75) is 19.3 Å². The van der Waals surface area contributed by atoms with E-state index in [9.17, 15) is 0 Å². The van der Waals surface area contributed by atoms with E-state index in [1.54, 1.807) is 17.7 Å². The number of nitrogens with zero attached hydrogens (tertiary/aromatic N) is 2. The Bertz CT molecular complexity index is 518. The Balaban J connectivity index is 1.75. The van der Waals surface area contributed by atoms with Gasteiger partial charge in [-0.15, -0.1) is 11.3 Å². The third kappa shape index (κ3) is 2.12. The number of hydrogen-bond donors (Lipinski definition) is 2. The van der Waals surface area contributed by atoms with Crippen LogP contribution in [-0.2, 0) is 0 Å². The molecule has 17 heavy (non-hydrogen) atoms. The van der Waals surface area contributed by atoms with Crippen molar-refractivity contribution in [3.05, 3.63) is 17.8 Å². The van der Waals surface area contributed by atoms with Gasteiger partial charge in [0.15, 0.2) is 0 Å². The lowest BCUT2D eigenvalue weighted by Crippen LogP contribution is -2.19. The molecule has 2 heterocycles. The molecule has 0 radical (unpaired) electrons. The van der Waals surface area contributed by atoms with Crippen LogP contribution >= 0.6 is 11.3 Å². The highest BCUT2D eigenvalue weighted by Crippen LogP contribution is 2.48. The van der Waals surface area contributed by atoms with Crippen molar-refractivity contribution in [2.75, 3.05) is 18.4 Å². The molecular formula is C12H16N4S. The number of nitrogens with one attached hydrogen (secondary N) is 1. The molecule has 1 fully saturated rings. The number of thiophene rings is 1. The lowest BCUT2D eigenvalue weighted by molar-refractivity contribution is 0.501. The molecule has 3 N–H and O–H groups in total. The standard InChI is InChI=1S/C12H16N4S/c13-5-4-12(2-3-12)7-14-11-10-9(1-6-17-10)15-8-16-11/h1,6,8H,2-5,7,13H2,(H,14,15,16). The van der Waals surface area contributed by atoms with Crippen LogP contribution in [0, 0.1) is 5.41 Å². The summed E-state index contributed by atoms with van der Waals surface area (Å²) in [6.45, 7) is 1.76. The number of anilines is 1. The van der Waals surface area contributed by atoms with Gasteiger partial charge in [0.1, 0.15) is 12.1 Å². The Morgan fingerprint density at radius 2 is 2.29 bits per heavy atom. The van der Waals surface area contributed by atoms with Crippen LogP contribution in [0.25, 0.3) is 10.2 Å². The van der Waals surface area contributed by atoms with Crippen LogP contribution in [0.15, 0.2) is 17.8 Å². The van der Waals surface area contributed by atoms with Crippen LogP contribution in [0.2, 0.25) is 0 Å². The summed E-state index contributed by atoms with van der Waals surface area (Å²) in [4.78, 5) is 8.56. The van der Waals surface area contributed by atoms with E-state index in [0.717, 1.165) is 35.5 Å². The molecule has 1 aliphatic carbocycles. The molecule has 5 heteroatoms. The molecular weight excluding hydrogens is 232 g/mol. The molecule has 90 valence electrons. The molecule has 0 unspecified atom stereocenters. The van der Waals surface area contributed by atoms with Gasteiger partial charge < -0.3 is 11.1 Å². The highest BCUT2D eigenvalue weighted by Gasteiger charge is 2.41. The van der Waals surface area contributed by atoms with Gasteiger partial charge in [-0.1, -0.05) is 0 Å². The zero-order chi connectivity index (χ0) is 11.7. The first kappa shape index (κ1) is 10.9. The summed E-state index contributed by atoms with van der Waals surface area (Å²) in [5.74, 6) is 0.966. The van der Waals surface area contributed by atoms with Crippen LogP contribution in [0.1, 0.15) is 19.3 Å². The van der Waals surface area contributed by atoms with E-state index in [-0.39, 0.29) is 0 Å². The average molecular weight is 248 g/mol. The Morgan fingerprint density at radius 1 is 1.41 bits per heavy atom. The van der Waals surface area contributed by atoms with Crippen molar-refractivity contribution in [3.63, 3.8) is 0 Å². The molecule has 1 saturated carbocycles. The lowest BCUT2D eigenvalue weighted by Gasteiger charge is -2.15. The summed E-state index contributed by atoms with van der Waals surface area (Å²) in [5, 5.41) is 5.52. The molecule has 0 aromatic carbocycles. The van der Waals surface area contributed by atoms with Gasteiger partial charge in [0.2, 0.25) is 0 Å². The zero-order valence-corrected chi connectivity index (χ0v) is 10.5. The molecule has 0 saturated heterocycles. The van der Waals surface area contributed by atoms with Gasteiger partial charge in [-0.25, -0.2) is 9.97 Å². The summed E-state index contributed by atoms with van der Waals surface area (Å²) in [6.07, 6.45) is 5.31. The number of nitrogens with two attached hydrogens (primary N) is 1. The Morgan fingerprint density at radius 3 is 3.06 bits per heavy atom. The van der Waals surface area contributed by atoms with Crippen molar-refractivity contribution in [3.8, 4) is 0 Å². The van der Waals surface area contributed by atoms with E-state index in [0.29, 0.717) is 5.41 Å². The molecule has 0 aliphatic heterocycles. The normalized spacial score (nSPS) is 17.2. The third-order valence-electron chi connectivity index (χ3n) is 3.51. The van der Waals surface area contributed by atoms with Crippen LogP contribution < -0.4 is 11.1 Å². The minimum Gasteiger partial charge on any atom is -0.368 e. The first-order valence-corrected chi connectivity index (χ1v) is 6.83. The number of rotatable bonds is 5. The van der Waals surface area contributed by atoms with Gasteiger partial charge in [-0.2, -0.15) is 0 Å². The zero-order valence-electron chi connectivity index (χ0n) is 9.65. The predicted octanol–water partition coefficient (Wildman–Crippen LogP) is 2.23. The molecule has 0 bridgehead atoms. The van der Waals surface area contributed by atoms with Crippen molar-refractivity contribution in [1.29, 1.82) is 0 Å². The SMILES string of the molecule is NCCC1(CNc2ncnc3ccsc23)CC1. The topological polar surface area (TPSA) is 63.8 Å². The second kappa shape index (κ2) is 4.23. The molecule has 0 atom stereocenters. The Kier molecular flexibility index (Phi) is 2.72. The molecule has 0 spiro atoms. The Labute approximate surface area is 104 Å². The minimum atomic E-state index is 0.434. The minimum absolute atomic E-state index is 0.434. The largest absolute Gasteiger partial charge is 0.368 e. The highest BCUT2D eigenvalue weighted by molar-refractivity contribution is 7.17. The number of fused-ring (bicyclic) bond motifs is 1. The Hall–Kier alpha value is -1.20. The second-order valence-corrected chi connectivity index (χ2v) is 5.67. The highest BCUT2D eigenvalue weighted by atomic mass is 32.1. The predicted molar refractivity (Wildman–Crippen MR) is 71.2 cm³/mol. The molecule has 2 aromatic heterocycles. The summed E-state index contributed by atoms with van der Waals surface area (Å²) in [6, 6.07) is 2.03. The van der Waals surface area contributed by atoms with Crippen molar-refractivity contribution in [2.24, 2.45) is 11.1 Å². The smallest absolute Gasteiger partial charge is 0.147 e. The van der Waals surface area contributed by atoms with Crippen molar-refractivity contribution < 1.29 is 0 Å². The first-order chi connectivity index (χ1) is 8.33. The van der Waals surface area contributed by atoms with Gasteiger partial charge in [0.25, 0.3) is 0 Å². The van der Waals surface area contributed by atoms with Crippen molar-refractivity contribution in [1.82, 2.24) is 9.97 Å². The van der Waals surface area contributed by atoms with Crippen LogP contribution in [0.4, 0.5) is 5.82 Å². The van der Waals surface area contributed by atoms with Crippen LogP contribution in [0.3, 0.4) is 0 Å². The van der Waals surface area contributed by atoms with Crippen LogP contribution in [0.5, 0.6) is 0 Å². The number of hydrogen-bond acceptors (Lipinski definition) is 5. The molecule has 2 aromatic rings. The van der Waals surface area contributed by atoms with Crippen molar-refractivity contribution >= 4 is 27.4 Å². The summed E-state index contributed by atoms with van der Waals surface area (Å²) >= 11 is 1.69. The monoisotopic (exact) mass is 248 g/mol. The fraction of sp³-hybridized carbons (Fsp3) is 0.500. The molecule has 4 nitrogen and oxygen atoms in total. The maximum Gasteiger partial charge on any atom is 0.147 e. The van der Waals surface area contributed by atoms with Gasteiger partial charge in [0, 0.05) is 6.54 Å². The summed E-state index contributed by atoms with van der Waals surface area (Å²) in [5.41, 5.74) is 7.10. The van der Waals surface area contributed by atoms with E-state index in [1.165, 1.54) is 12.8 Å².